The van der Waals surface area contributed by atoms with Crippen LogP contribution in [0.5, 0.6) is 0 Å². The van der Waals surface area contributed by atoms with Gasteiger partial charge in [0.05, 0.1) is 5.69 Å². The van der Waals surface area contributed by atoms with Crippen LogP contribution in [0.15, 0.2) is 36.8 Å². The Balaban J connectivity index is 1.64. The van der Waals surface area contributed by atoms with Crippen molar-refractivity contribution in [3.8, 4) is 11.3 Å². The summed E-state index contributed by atoms with van der Waals surface area (Å²) >= 11 is 0. The number of aromatic nitrogens is 4. The molecule has 5 nitrogen and oxygen atoms in total. The van der Waals surface area contributed by atoms with Gasteiger partial charge < -0.3 is 10.3 Å². The summed E-state index contributed by atoms with van der Waals surface area (Å²) in [5, 5.41) is 9.13. The molecule has 0 bridgehead atoms. The molecule has 2 N–H and O–H groups in total. The Labute approximate surface area is 158 Å². The van der Waals surface area contributed by atoms with Crippen LogP contribution < -0.4 is 5.32 Å². The lowest BCUT2D eigenvalue weighted by atomic mass is 9.89. The van der Waals surface area contributed by atoms with E-state index in [1.54, 1.807) is 6.33 Å². The fourth-order valence-electron chi connectivity index (χ4n) is 4.53. The predicted octanol–water partition coefficient (Wildman–Crippen LogP) is 4.22. The molecule has 1 fully saturated rings. The number of rotatable bonds is 3. The monoisotopic (exact) mass is 359 g/mol. The van der Waals surface area contributed by atoms with E-state index in [-0.39, 0.29) is 0 Å². The third-order valence-corrected chi connectivity index (χ3v) is 5.94. The smallest absolute Gasteiger partial charge is 0.158 e. The van der Waals surface area contributed by atoms with E-state index in [4.69, 9.17) is 0 Å². The Morgan fingerprint density at radius 1 is 1.19 bits per heavy atom. The number of benzene rings is 1. The first-order valence-corrected chi connectivity index (χ1v) is 9.90. The van der Waals surface area contributed by atoms with Crippen LogP contribution in [0.25, 0.3) is 27.8 Å². The van der Waals surface area contributed by atoms with E-state index in [1.807, 2.05) is 4.52 Å². The molecule has 0 amide bonds. The van der Waals surface area contributed by atoms with Crippen molar-refractivity contribution in [3.05, 3.63) is 53.5 Å². The van der Waals surface area contributed by atoms with Gasteiger partial charge in [-0.3, -0.25) is 0 Å². The van der Waals surface area contributed by atoms with Crippen molar-refractivity contribution in [2.24, 2.45) is 0 Å². The van der Waals surface area contributed by atoms with Crippen LogP contribution >= 0.6 is 0 Å². The molecular formula is C22H25N5. The van der Waals surface area contributed by atoms with Gasteiger partial charge in [-0.05, 0) is 74.0 Å². The van der Waals surface area contributed by atoms with Crippen LogP contribution in [0.2, 0.25) is 0 Å². The molecular weight excluding hydrogens is 334 g/mol. The van der Waals surface area contributed by atoms with Gasteiger partial charge in [-0.1, -0.05) is 19.1 Å². The van der Waals surface area contributed by atoms with E-state index in [2.05, 4.69) is 64.7 Å². The minimum absolute atomic E-state index is 0.668. The Kier molecular flexibility index (Phi) is 3.97. The summed E-state index contributed by atoms with van der Waals surface area (Å²) in [5.74, 6) is 0.668. The fraction of sp³-hybridized carbons (Fsp3) is 0.364. The quantitative estimate of drug-likeness (QED) is 0.576. The number of aryl methyl sites for hydroxylation is 2. The number of aromatic amines is 1. The van der Waals surface area contributed by atoms with Crippen molar-refractivity contribution in [2.45, 2.75) is 39.0 Å². The number of hydrogen-bond acceptors (Lipinski definition) is 3. The molecule has 1 aromatic carbocycles. The molecule has 3 aromatic heterocycles. The highest BCUT2D eigenvalue weighted by Crippen LogP contribution is 2.34. The Morgan fingerprint density at radius 3 is 2.85 bits per heavy atom. The van der Waals surface area contributed by atoms with Crippen molar-refractivity contribution < 1.29 is 0 Å². The zero-order valence-electron chi connectivity index (χ0n) is 15.9. The van der Waals surface area contributed by atoms with E-state index >= 15 is 0 Å². The van der Waals surface area contributed by atoms with E-state index < -0.39 is 0 Å². The molecule has 0 unspecified atom stereocenters. The molecule has 0 aliphatic carbocycles. The molecule has 0 saturated carbocycles. The normalized spacial score (nSPS) is 15.8. The van der Waals surface area contributed by atoms with Crippen LogP contribution in [-0.2, 0) is 6.42 Å². The molecule has 5 rings (SSSR count). The number of hydrogen-bond donors (Lipinski definition) is 2. The molecule has 1 aliphatic rings. The molecule has 1 saturated heterocycles. The molecule has 0 radical (unpaired) electrons. The maximum Gasteiger partial charge on any atom is 0.158 e. The summed E-state index contributed by atoms with van der Waals surface area (Å²) in [6, 6.07) is 9.23. The van der Waals surface area contributed by atoms with Crippen LogP contribution in [0.4, 0.5) is 0 Å². The highest BCUT2D eigenvalue weighted by Gasteiger charge is 2.18. The largest absolute Gasteiger partial charge is 0.354 e. The van der Waals surface area contributed by atoms with Gasteiger partial charge in [0.25, 0.3) is 0 Å². The second-order valence-electron chi connectivity index (χ2n) is 7.60. The van der Waals surface area contributed by atoms with Gasteiger partial charge in [0.1, 0.15) is 6.33 Å². The van der Waals surface area contributed by atoms with E-state index in [9.17, 15) is 0 Å². The van der Waals surface area contributed by atoms with E-state index in [0.29, 0.717) is 5.92 Å². The lowest BCUT2D eigenvalue weighted by molar-refractivity contribution is 0.460. The highest BCUT2D eigenvalue weighted by atomic mass is 15.3. The molecule has 5 heteroatoms. The minimum Gasteiger partial charge on any atom is -0.354 e. The van der Waals surface area contributed by atoms with Crippen LogP contribution in [0, 0.1) is 6.92 Å². The lowest BCUT2D eigenvalue weighted by Gasteiger charge is -2.23. The summed E-state index contributed by atoms with van der Waals surface area (Å²) in [6.45, 7) is 6.57. The molecule has 4 heterocycles. The average Bonchev–Trinajstić information content (AvgIpc) is 3.32. The SMILES string of the molecule is CCc1c(-c2cc(C)c3ncnn3c2)[nH]c2cc(C3CCNCC3)ccc12. The first-order valence-electron chi connectivity index (χ1n) is 9.90. The first-order chi connectivity index (χ1) is 13.2. The minimum atomic E-state index is 0.668. The first kappa shape index (κ1) is 16.5. The third kappa shape index (κ3) is 2.73. The summed E-state index contributed by atoms with van der Waals surface area (Å²) in [5.41, 5.74) is 8.51. The van der Waals surface area contributed by atoms with Gasteiger partial charge in [0.15, 0.2) is 5.65 Å². The van der Waals surface area contributed by atoms with E-state index in [1.165, 1.54) is 46.1 Å². The maximum absolute atomic E-state index is 4.34. The van der Waals surface area contributed by atoms with Crippen molar-refractivity contribution >= 4 is 16.6 Å². The summed E-state index contributed by atoms with van der Waals surface area (Å²) < 4.78 is 1.87. The Hall–Kier alpha value is -2.66. The van der Waals surface area contributed by atoms with Gasteiger partial charge in [-0.25, -0.2) is 9.50 Å². The number of fused-ring (bicyclic) bond motifs is 2. The van der Waals surface area contributed by atoms with Crippen molar-refractivity contribution in [2.75, 3.05) is 13.1 Å². The van der Waals surface area contributed by atoms with Crippen molar-refractivity contribution in [1.82, 2.24) is 24.9 Å². The summed E-state index contributed by atoms with van der Waals surface area (Å²) in [6.07, 6.45) is 7.14. The van der Waals surface area contributed by atoms with Gasteiger partial charge in [0, 0.05) is 22.7 Å². The second-order valence-corrected chi connectivity index (χ2v) is 7.60. The van der Waals surface area contributed by atoms with Gasteiger partial charge >= 0.3 is 0 Å². The molecule has 0 spiro atoms. The van der Waals surface area contributed by atoms with Crippen LogP contribution in [0.1, 0.15) is 42.4 Å². The van der Waals surface area contributed by atoms with E-state index in [0.717, 1.165) is 30.7 Å². The fourth-order valence-corrected chi connectivity index (χ4v) is 4.53. The lowest BCUT2D eigenvalue weighted by Crippen LogP contribution is -2.26. The zero-order chi connectivity index (χ0) is 18.4. The number of pyridine rings is 1. The van der Waals surface area contributed by atoms with Gasteiger partial charge in [0.2, 0.25) is 0 Å². The Bertz CT molecular complexity index is 1110. The summed E-state index contributed by atoms with van der Waals surface area (Å²) in [7, 11) is 0. The molecule has 138 valence electrons. The predicted molar refractivity (Wildman–Crippen MR) is 109 cm³/mol. The molecule has 4 aromatic rings. The second kappa shape index (κ2) is 6.50. The summed E-state index contributed by atoms with van der Waals surface area (Å²) in [4.78, 5) is 8.06. The highest BCUT2D eigenvalue weighted by molar-refractivity contribution is 5.91. The number of piperidine rings is 1. The number of nitrogens with zero attached hydrogens (tertiary/aromatic N) is 3. The molecule has 0 atom stereocenters. The van der Waals surface area contributed by atoms with Crippen LogP contribution in [-0.4, -0.2) is 32.7 Å². The average molecular weight is 359 g/mol. The Morgan fingerprint density at radius 2 is 2.04 bits per heavy atom. The topological polar surface area (TPSA) is 58.0 Å². The number of H-pyrrole nitrogens is 1. The number of nitrogens with one attached hydrogen (secondary N) is 2. The molecule has 1 aliphatic heterocycles. The van der Waals surface area contributed by atoms with Crippen molar-refractivity contribution in [1.29, 1.82) is 0 Å². The molecule has 27 heavy (non-hydrogen) atoms. The maximum atomic E-state index is 4.34. The van der Waals surface area contributed by atoms with Gasteiger partial charge in [-0.2, -0.15) is 5.10 Å². The van der Waals surface area contributed by atoms with Crippen LogP contribution in [0.3, 0.4) is 0 Å². The third-order valence-electron chi connectivity index (χ3n) is 5.94. The zero-order valence-corrected chi connectivity index (χ0v) is 15.9. The van der Waals surface area contributed by atoms with Crippen molar-refractivity contribution in [3.63, 3.8) is 0 Å². The van der Waals surface area contributed by atoms with Gasteiger partial charge in [-0.15, -0.1) is 0 Å². The standard InChI is InChI=1S/C22H25N5/c1-3-18-19-5-4-16(15-6-8-23-9-7-15)11-20(19)26-21(18)17-10-14(2)22-24-13-25-27(22)12-17/h4-5,10-13,15,23,26H,3,6-9H2,1-2H3.